The molecule has 104 valence electrons. The summed E-state index contributed by atoms with van der Waals surface area (Å²) < 4.78 is 5.58. The van der Waals surface area contributed by atoms with Crippen molar-refractivity contribution >= 4 is 21.8 Å². The van der Waals surface area contributed by atoms with Gasteiger partial charge in [0.05, 0.1) is 13.0 Å². The summed E-state index contributed by atoms with van der Waals surface area (Å²) in [5.41, 5.74) is 1.16. The van der Waals surface area contributed by atoms with Crippen LogP contribution in [0.2, 0.25) is 0 Å². The molecule has 4 heteroatoms. The Kier molecular flexibility index (Phi) is 5.25. The van der Waals surface area contributed by atoms with Crippen molar-refractivity contribution in [2.45, 2.75) is 43.5 Å². The van der Waals surface area contributed by atoms with E-state index < -0.39 is 0 Å². The van der Waals surface area contributed by atoms with E-state index in [0.717, 1.165) is 24.2 Å². The molecule has 0 aliphatic heterocycles. The Bertz CT molecular complexity index is 436. The molecule has 19 heavy (non-hydrogen) atoms. The first kappa shape index (κ1) is 14.4. The number of carbonyl (C=O) groups is 1. The zero-order valence-corrected chi connectivity index (χ0v) is 12.8. The van der Waals surface area contributed by atoms with Gasteiger partial charge in [0.15, 0.2) is 0 Å². The lowest BCUT2D eigenvalue weighted by molar-refractivity contribution is -0.122. The van der Waals surface area contributed by atoms with Gasteiger partial charge in [-0.05, 0) is 37.5 Å². The molecule has 0 radical (unpaired) electrons. The van der Waals surface area contributed by atoms with E-state index in [1.165, 1.54) is 6.42 Å². The van der Waals surface area contributed by atoms with Crippen LogP contribution in [0.3, 0.4) is 0 Å². The van der Waals surface area contributed by atoms with Gasteiger partial charge in [0.25, 0.3) is 0 Å². The number of alkyl halides is 1. The molecule has 2 atom stereocenters. The monoisotopic (exact) mass is 325 g/mol. The molecule has 1 fully saturated rings. The van der Waals surface area contributed by atoms with Crippen LogP contribution in [-0.4, -0.2) is 23.4 Å². The first-order valence-corrected chi connectivity index (χ1v) is 7.69. The Balaban J connectivity index is 1.69. The minimum Gasteiger partial charge on any atom is -0.493 e. The van der Waals surface area contributed by atoms with Gasteiger partial charge in [-0.15, -0.1) is 0 Å². The molecule has 1 N–H and O–H groups in total. The van der Waals surface area contributed by atoms with Gasteiger partial charge in [0, 0.05) is 10.9 Å². The predicted octanol–water partition coefficient (Wildman–Crippen LogP) is 3.20. The highest BCUT2D eigenvalue weighted by Crippen LogP contribution is 2.25. The van der Waals surface area contributed by atoms with Crippen LogP contribution in [0.1, 0.15) is 31.2 Å². The molecule has 1 aliphatic carbocycles. The number of carbonyl (C=O) groups excluding carboxylic acids is 1. The Labute approximate surface area is 122 Å². The summed E-state index contributed by atoms with van der Waals surface area (Å²) in [5, 5.41) is 3.06. The topological polar surface area (TPSA) is 38.3 Å². The lowest BCUT2D eigenvalue weighted by Crippen LogP contribution is -2.38. The molecule has 0 heterocycles. The van der Waals surface area contributed by atoms with E-state index >= 15 is 0 Å². The average Bonchev–Trinajstić information content (AvgIpc) is 2.75. The van der Waals surface area contributed by atoms with Crippen LogP contribution in [0.4, 0.5) is 0 Å². The summed E-state index contributed by atoms with van der Waals surface area (Å²) in [6.07, 6.45) is 3.80. The van der Waals surface area contributed by atoms with E-state index in [-0.39, 0.29) is 11.9 Å². The lowest BCUT2D eigenvalue weighted by Gasteiger charge is -2.16. The van der Waals surface area contributed by atoms with Crippen molar-refractivity contribution < 1.29 is 9.53 Å². The van der Waals surface area contributed by atoms with E-state index in [0.29, 0.717) is 17.9 Å². The van der Waals surface area contributed by atoms with E-state index in [9.17, 15) is 4.79 Å². The molecule has 3 nitrogen and oxygen atoms in total. The molecule has 0 aromatic heterocycles. The van der Waals surface area contributed by atoms with Crippen LogP contribution in [0.25, 0.3) is 0 Å². The van der Waals surface area contributed by atoms with Gasteiger partial charge in [-0.3, -0.25) is 4.79 Å². The highest BCUT2D eigenvalue weighted by molar-refractivity contribution is 9.09. The third kappa shape index (κ3) is 4.53. The Hall–Kier alpha value is -1.03. The summed E-state index contributed by atoms with van der Waals surface area (Å²) >= 11 is 3.60. The number of halogens is 1. The van der Waals surface area contributed by atoms with Crippen LogP contribution in [0, 0.1) is 6.92 Å². The largest absolute Gasteiger partial charge is 0.493 e. The first-order valence-electron chi connectivity index (χ1n) is 6.78. The van der Waals surface area contributed by atoms with Crippen LogP contribution >= 0.6 is 15.9 Å². The molecule has 1 aliphatic rings. The van der Waals surface area contributed by atoms with Crippen LogP contribution < -0.4 is 10.1 Å². The molecule has 2 rings (SSSR count). The Morgan fingerprint density at radius 3 is 3.00 bits per heavy atom. The number of hydrogen-bond donors (Lipinski definition) is 1. The quantitative estimate of drug-likeness (QED) is 0.844. The second-order valence-electron chi connectivity index (χ2n) is 5.04. The van der Waals surface area contributed by atoms with E-state index in [2.05, 4.69) is 21.2 Å². The number of benzene rings is 1. The third-order valence-corrected chi connectivity index (χ3v) is 4.46. The SMILES string of the molecule is Cc1cccc(OCCC(=O)NC2CCCC2Br)c1. The van der Waals surface area contributed by atoms with Crippen molar-refractivity contribution in [3.8, 4) is 5.75 Å². The van der Waals surface area contributed by atoms with Gasteiger partial charge in [-0.1, -0.05) is 34.5 Å². The highest BCUT2D eigenvalue weighted by atomic mass is 79.9. The Morgan fingerprint density at radius 1 is 1.47 bits per heavy atom. The van der Waals surface area contributed by atoms with Gasteiger partial charge in [-0.25, -0.2) is 0 Å². The van der Waals surface area contributed by atoms with Gasteiger partial charge in [0.1, 0.15) is 5.75 Å². The molecule has 1 aromatic carbocycles. The fourth-order valence-electron chi connectivity index (χ4n) is 2.32. The highest BCUT2D eigenvalue weighted by Gasteiger charge is 2.25. The van der Waals surface area contributed by atoms with E-state index in [4.69, 9.17) is 4.74 Å². The fraction of sp³-hybridized carbons (Fsp3) is 0.533. The first-order chi connectivity index (χ1) is 9.15. The number of ether oxygens (including phenoxy) is 1. The summed E-state index contributed by atoms with van der Waals surface area (Å²) in [6.45, 7) is 2.45. The molecule has 1 aromatic rings. The smallest absolute Gasteiger partial charge is 0.223 e. The molecule has 1 saturated carbocycles. The fourth-order valence-corrected chi connectivity index (χ4v) is 3.04. The molecule has 2 unspecified atom stereocenters. The zero-order chi connectivity index (χ0) is 13.7. The predicted molar refractivity (Wildman–Crippen MR) is 79.8 cm³/mol. The van der Waals surface area contributed by atoms with Crippen molar-refractivity contribution in [2.24, 2.45) is 0 Å². The van der Waals surface area contributed by atoms with E-state index in [1.807, 2.05) is 31.2 Å². The molecular weight excluding hydrogens is 306 g/mol. The van der Waals surface area contributed by atoms with Crippen molar-refractivity contribution in [3.63, 3.8) is 0 Å². The van der Waals surface area contributed by atoms with Gasteiger partial charge in [-0.2, -0.15) is 0 Å². The van der Waals surface area contributed by atoms with Crippen molar-refractivity contribution in [3.05, 3.63) is 29.8 Å². The second-order valence-corrected chi connectivity index (χ2v) is 6.21. The summed E-state index contributed by atoms with van der Waals surface area (Å²) in [6, 6.07) is 8.15. The molecule has 0 spiro atoms. The minimum atomic E-state index is 0.0732. The van der Waals surface area contributed by atoms with Crippen molar-refractivity contribution in [1.82, 2.24) is 5.32 Å². The third-order valence-electron chi connectivity index (χ3n) is 3.37. The summed E-state index contributed by atoms with van der Waals surface area (Å²) in [5.74, 6) is 0.899. The molecular formula is C15H20BrNO2. The van der Waals surface area contributed by atoms with Gasteiger partial charge in [0.2, 0.25) is 5.91 Å². The van der Waals surface area contributed by atoms with Crippen LogP contribution in [-0.2, 0) is 4.79 Å². The number of nitrogens with one attached hydrogen (secondary N) is 1. The normalized spacial score (nSPS) is 22.2. The summed E-state index contributed by atoms with van der Waals surface area (Å²) in [7, 11) is 0. The Morgan fingerprint density at radius 2 is 2.32 bits per heavy atom. The van der Waals surface area contributed by atoms with Crippen molar-refractivity contribution in [1.29, 1.82) is 0 Å². The number of amides is 1. The van der Waals surface area contributed by atoms with Gasteiger partial charge < -0.3 is 10.1 Å². The average molecular weight is 326 g/mol. The number of rotatable bonds is 5. The second kappa shape index (κ2) is 6.94. The molecule has 0 bridgehead atoms. The maximum atomic E-state index is 11.8. The summed E-state index contributed by atoms with van der Waals surface area (Å²) in [4.78, 5) is 12.2. The number of hydrogen-bond acceptors (Lipinski definition) is 2. The van der Waals surface area contributed by atoms with Crippen LogP contribution in [0.5, 0.6) is 5.75 Å². The zero-order valence-electron chi connectivity index (χ0n) is 11.2. The lowest BCUT2D eigenvalue weighted by atomic mass is 10.2. The van der Waals surface area contributed by atoms with Crippen LogP contribution in [0.15, 0.2) is 24.3 Å². The minimum absolute atomic E-state index is 0.0732. The van der Waals surface area contributed by atoms with E-state index in [1.54, 1.807) is 0 Å². The van der Waals surface area contributed by atoms with Gasteiger partial charge >= 0.3 is 0 Å². The van der Waals surface area contributed by atoms with Crippen molar-refractivity contribution in [2.75, 3.05) is 6.61 Å². The maximum absolute atomic E-state index is 11.8. The molecule has 1 amide bonds. The molecule has 0 saturated heterocycles. The standard InChI is InChI=1S/C15H20BrNO2/c1-11-4-2-5-12(10-11)19-9-8-15(18)17-14-7-3-6-13(14)16/h2,4-5,10,13-14H,3,6-9H2,1H3,(H,17,18). The maximum Gasteiger partial charge on any atom is 0.223 e. The number of aryl methyl sites for hydroxylation is 1.